The highest BCUT2D eigenvalue weighted by atomic mass is 32.2. The van der Waals surface area contributed by atoms with Crippen molar-refractivity contribution in [3.63, 3.8) is 0 Å². The second-order valence-corrected chi connectivity index (χ2v) is 17.2. The third kappa shape index (κ3) is 6.02. The van der Waals surface area contributed by atoms with Crippen LogP contribution in [0.2, 0.25) is 0 Å². The van der Waals surface area contributed by atoms with E-state index >= 15 is 0 Å². The van der Waals surface area contributed by atoms with Crippen LogP contribution < -0.4 is 9.05 Å². The van der Waals surface area contributed by atoms with Crippen LogP contribution in [0.25, 0.3) is 87.0 Å². The van der Waals surface area contributed by atoms with E-state index in [1.165, 1.54) is 0 Å². The van der Waals surface area contributed by atoms with E-state index in [2.05, 4.69) is 140 Å². The van der Waals surface area contributed by atoms with Crippen LogP contribution in [0.4, 0.5) is 0 Å². The average Bonchev–Trinajstić information content (AvgIpc) is 3.54. The number of thioether (sulfide) groups is 1. The van der Waals surface area contributed by atoms with Crippen LogP contribution in [0, 0.1) is 6.92 Å². The molecule has 0 aliphatic carbocycles. The van der Waals surface area contributed by atoms with Crippen molar-refractivity contribution < 1.29 is 25.8 Å². The molecule has 6 nitrogen and oxygen atoms in total. The highest BCUT2D eigenvalue weighted by molar-refractivity contribution is 7.98. The summed E-state index contributed by atoms with van der Waals surface area (Å²) in [5.74, 6) is 0.637. The van der Waals surface area contributed by atoms with Gasteiger partial charge >= 0.3 is 16.5 Å². The number of fused-ring (bicyclic) bond motifs is 14. The highest BCUT2D eigenvalue weighted by Crippen LogP contribution is 2.45. The van der Waals surface area contributed by atoms with E-state index in [9.17, 15) is 0 Å². The Bertz CT molecular complexity index is 3320. The Morgan fingerprint density at radius 3 is 1.24 bits per heavy atom. The minimum absolute atomic E-state index is 0.160. The molecular formula is C49H34O6P2S. The topological polar surface area (TPSA) is 71.0 Å². The Hall–Kier alpha value is -6.07. The van der Waals surface area contributed by atoms with E-state index in [-0.39, 0.29) is 6.61 Å². The lowest BCUT2D eigenvalue weighted by Gasteiger charge is -2.13. The van der Waals surface area contributed by atoms with Crippen molar-refractivity contribution in [3.8, 4) is 5.75 Å². The van der Waals surface area contributed by atoms with Crippen LogP contribution in [0.5, 0.6) is 5.75 Å². The van der Waals surface area contributed by atoms with Gasteiger partial charge in [-0.1, -0.05) is 121 Å². The van der Waals surface area contributed by atoms with Gasteiger partial charge in [0.05, 0.1) is 6.61 Å². The molecule has 0 spiro atoms. The van der Waals surface area contributed by atoms with Gasteiger partial charge in [-0.15, -0.1) is 11.8 Å². The van der Waals surface area contributed by atoms with Crippen LogP contribution >= 0.6 is 28.2 Å². The van der Waals surface area contributed by atoms with Crippen molar-refractivity contribution in [2.75, 3.05) is 6.26 Å². The maximum absolute atomic E-state index is 6.86. The lowest BCUT2D eigenvalue weighted by Crippen LogP contribution is -1.98. The minimum Gasteiger partial charge on any atom is -0.399 e. The lowest BCUT2D eigenvalue weighted by atomic mass is 9.99. The normalized spacial score (nSPS) is 11.8. The van der Waals surface area contributed by atoms with Crippen LogP contribution in [-0.2, 0) is 6.61 Å². The van der Waals surface area contributed by atoms with Crippen LogP contribution in [0.1, 0.15) is 11.1 Å². The first-order valence-corrected chi connectivity index (χ1v) is 22.4. The number of aryl methyl sites for hydroxylation is 1. The summed E-state index contributed by atoms with van der Waals surface area (Å²) >= 11 is 1.66. The van der Waals surface area contributed by atoms with E-state index < -0.39 is 16.5 Å². The molecule has 0 bridgehead atoms. The SMILES string of the molecule is CSc1cc(C)c(Op2oc3ccc4ccccc4c3c3c(ccc4ccccc43)o2)c(COp2oc3ccc4ccccc4c3c3c(ccc4ccccc43)o2)c1. The van der Waals surface area contributed by atoms with Crippen molar-refractivity contribution in [3.05, 3.63) is 169 Å². The van der Waals surface area contributed by atoms with Gasteiger partial charge < -0.3 is 21.3 Å². The standard InChI is InChI=1S/C49H34O6P2S/c1-30-27-36(58-2)28-35(29-50-56-51-41-23-19-31-11-3-7-15-37(31)45(41)46-38-16-8-4-12-32(38)20-24-42(46)52-56)49(30)55-57-53-43-25-21-33-13-5-9-17-39(33)47(43)48-40-18-10-6-14-34(40)22-26-44(48)54-57/h3-28H,29H2,1-2H3. The second kappa shape index (κ2) is 14.4. The third-order valence-corrected chi connectivity index (χ3v) is 13.6. The predicted octanol–water partition coefficient (Wildman–Crippen LogP) is 16.0. The van der Waals surface area contributed by atoms with Gasteiger partial charge in [-0.25, -0.2) is 0 Å². The van der Waals surface area contributed by atoms with Gasteiger partial charge in [0.25, 0.3) is 0 Å². The fraction of sp³-hybridized carbons (Fsp3) is 0.0612. The van der Waals surface area contributed by atoms with Gasteiger partial charge in [0.2, 0.25) is 0 Å². The van der Waals surface area contributed by atoms with E-state index in [0.717, 1.165) is 80.7 Å². The van der Waals surface area contributed by atoms with Gasteiger partial charge in [0, 0.05) is 32.0 Å². The third-order valence-electron chi connectivity index (χ3n) is 10.8. The average molecular weight is 813 g/mol. The van der Waals surface area contributed by atoms with Gasteiger partial charge in [-0.2, -0.15) is 0 Å². The molecule has 0 aliphatic rings. The molecule has 0 amide bonds. The van der Waals surface area contributed by atoms with Gasteiger partial charge in [-0.05, 0) is 98.2 Å². The van der Waals surface area contributed by atoms with E-state index in [0.29, 0.717) is 28.1 Å². The van der Waals surface area contributed by atoms with E-state index in [4.69, 9.17) is 25.8 Å². The molecule has 2 heterocycles. The van der Waals surface area contributed by atoms with Crippen molar-refractivity contribution in [2.24, 2.45) is 0 Å². The molecule has 11 rings (SSSR count). The van der Waals surface area contributed by atoms with Gasteiger partial charge in [0.15, 0.2) is 0 Å². The molecule has 0 saturated heterocycles. The van der Waals surface area contributed by atoms with Crippen LogP contribution in [0.3, 0.4) is 0 Å². The molecular weight excluding hydrogens is 779 g/mol. The van der Waals surface area contributed by atoms with Crippen molar-refractivity contribution in [2.45, 2.75) is 18.4 Å². The number of hydrogen-bond donors (Lipinski definition) is 0. The lowest BCUT2D eigenvalue weighted by molar-refractivity contribution is 0.358. The summed E-state index contributed by atoms with van der Waals surface area (Å²) < 4.78 is 40.4. The molecule has 0 saturated carbocycles. The molecule has 58 heavy (non-hydrogen) atoms. The van der Waals surface area contributed by atoms with Gasteiger partial charge in [0.1, 0.15) is 28.1 Å². The zero-order chi connectivity index (χ0) is 38.7. The molecule has 0 aliphatic heterocycles. The van der Waals surface area contributed by atoms with Crippen molar-refractivity contribution in [1.29, 1.82) is 0 Å². The molecule has 282 valence electrons. The van der Waals surface area contributed by atoms with E-state index in [1.807, 2.05) is 31.2 Å². The number of hydrogen-bond acceptors (Lipinski definition) is 7. The Balaban J connectivity index is 1.07. The molecule has 0 unspecified atom stereocenters. The molecule has 0 fully saturated rings. The molecule has 9 heteroatoms. The maximum atomic E-state index is 6.86. The maximum Gasteiger partial charge on any atom is 0.453 e. The zero-order valence-electron chi connectivity index (χ0n) is 31.5. The first-order chi connectivity index (χ1) is 28.6. The Kier molecular flexibility index (Phi) is 8.71. The molecule has 0 radical (unpaired) electrons. The first kappa shape index (κ1) is 35.1. The largest absolute Gasteiger partial charge is 0.453 e. The zero-order valence-corrected chi connectivity index (χ0v) is 34.1. The molecule has 9 aromatic carbocycles. The van der Waals surface area contributed by atoms with E-state index in [1.54, 1.807) is 11.8 Å². The van der Waals surface area contributed by atoms with Crippen LogP contribution in [-0.4, -0.2) is 6.26 Å². The summed E-state index contributed by atoms with van der Waals surface area (Å²) in [6.45, 7) is 2.20. The first-order valence-electron chi connectivity index (χ1n) is 19.0. The van der Waals surface area contributed by atoms with Crippen molar-refractivity contribution >= 4 is 115 Å². The molecule has 11 aromatic rings. The Morgan fingerprint density at radius 2 is 0.845 bits per heavy atom. The fourth-order valence-electron chi connectivity index (χ4n) is 8.15. The predicted molar refractivity (Wildman–Crippen MR) is 242 cm³/mol. The summed E-state index contributed by atoms with van der Waals surface area (Å²) in [6, 6.07) is 54.2. The number of rotatable bonds is 6. The van der Waals surface area contributed by atoms with Gasteiger partial charge in [-0.3, -0.25) is 4.52 Å². The molecule has 0 N–H and O–H groups in total. The number of benzene rings is 9. The minimum atomic E-state index is -1.96. The molecule has 0 atom stereocenters. The Labute approximate surface area is 338 Å². The summed E-state index contributed by atoms with van der Waals surface area (Å²) in [6.07, 6.45) is 2.06. The quantitative estimate of drug-likeness (QED) is 0.155. The van der Waals surface area contributed by atoms with Crippen molar-refractivity contribution in [1.82, 2.24) is 0 Å². The fourth-order valence-corrected chi connectivity index (χ4v) is 10.9. The summed E-state index contributed by atoms with van der Waals surface area (Å²) in [4.78, 5) is 1.08. The smallest absolute Gasteiger partial charge is 0.399 e. The summed E-state index contributed by atoms with van der Waals surface area (Å²) in [5.41, 5.74) is 4.61. The highest BCUT2D eigenvalue weighted by Gasteiger charge is 2.19. The summed E-state index contributed by atoms with van der Waals surface area (Å²) in [7, 11) is -3.85. The molecule has 2 aromatic heterocycles. The summed E-state index contributed by atoms with van der Waals surface area (Å²) in [5, 5.41) is 12.8. The Morgan fingerprint density at radius 1 is 0.466 bits per heavy atom. The second-order valence-electron chi connectivity index (χ2n) is 14.2. The van der Waals surface area contributed by atoms with Crippen LogP contribution in [0.15, 0.2) is 179 Å². The monoisotopic (exact) mass is 812 g/mol.